The summed E-state index contributed by atoms with van der Waals surface area (Å²) >= 11 is 0. The van der Waals surface area contributed by atoms with E-state index in [4.69, 9.17) is 9.47 Å². The maximum atomic E-state index is 11.8. The molecule has 3 nitrogen and oxygen atoms in total. The van der Waals surface area contributed by atoms with Crippen molar-refractivity contribution < 1.29 is 14.3 Å². The predicted molar refractivity (Wildman–Crippen MR) is 99.8 cm³/mol. The van der Waals surface area contributed by atoms with Crippen molar-refractivity contribution >= 4 is 19.2 Å². The van der Waals surface area contributed by atoms with Crippen LogP contribution in [-0.4, -0.2) is 27.8 Å². The van der Waals surface area contributed by atoms with Crippen LogP contribution in [0.5, 0.6) is 0 Å². The number of benzene rings is 2. The maximum Gasteiger partial charge on any atom is 0.330 e. The van der Waals surface area contributed by atoms with Gasteiger partial charge in [0.25, 0.3) is 0 Å². The SMILES string of the molecule is COC(=O)/C=C(\COCc1ccccc1)[Si](C)(C)c1ccccc1. The van der Waals surface area contributed by atoms with E-state index in [9.17, 15) is 4.79 Å². The van der Waals surface area contributed by atoms with Crippen molar-refractivity contribution in [2.45, 2.75) is 19.7 Å². The van der Waals surface area contributed by atoms with E-state index in [1.165, 1.54) is 12.3 Å². The van der Waals surface area contributed by atoms with E-state index in [1.54, 1.807) is 6.08 Å². The summed E-state index contributed by atoms with van der Waals surface area (Å²) in [5.74, 6) is -0.329. The average Bonchev–Trinajstić information content (AvgIpc) is 2.62. The van der Waals surface area contributed by atoms with Crippen LogP contribution in [-0.2, 0) is 20.9 Å². The van der Waals surface area contributed by atoms with E-state index in [2.05, 4.69) is 25.2 Å². The molecule has 0 amide bonds. The highest BCUT2D eigenvalue weighted by Gasteiger charge is 2.29. The molecule has 0 aliphatic heterocycles. The summed E-state index contributed by atoms with van der Waals surface area (Å²) in [6, 6.07) is 20.3. The van der Waals surface area contributed by atoms with Crippen molar-refractivity contribution in [3.8, 4) is 0 Å². The number of methoxy groups -OCH3 is 1. The van der Waals surface area contributed by atoms with Crippen molar-refractivity contribution in [2.75, 3.05) is 13.7 Å². The van der Waals surface area contributed by atoms with Gasteiger partial charge in [0.15, 0.2) is 0 Å². The Balaban J connectivity index is 2.16. The summed E-state index contributed by atoms with van der Waals surface area (Å²) in [4.78, 5) is 11.8. The Hall–Kier alpha value is -2.17. The molecule has 0 unspecified atom stereocenters. The Bertz CT molecular complexity index is 679. The molecule has 0 heterocycles. The molecule has 0 aliphatic carbocycles. The second-order valence-electron chi connectivity index (χ2n) is 6.16. The van der Waals surface area contributed by atoms with Crippen LogP contribution in [0.1, 0.15) is 5.56 Å². The van der Waals surface area contributed by atoms with Gasteiger partial charge in [-0.25, -0.2) is 4.79 Å². The molecule has 2 aromatic carbocycles. The Kier molecular flexibility index (Phi) is 6.52. The Morgan fingerprint density at radius 3 is 2.17 bits per heavy atom. The first-order valence-electron chi connectivity index (χ1n) is 8.00. The third-order valence-corrected chi connectivity index (χ3v) is 7.83. The first kappa shape index (κ1) is 18.2. The van der Waals surface area contributed by atoms with Crippen molar-refractivity contribution in [1.29, 1.82) is 0 Å². The smallest absolute Gasteiger partial charge is 0.330 e. The molecular weight excluding hydrogens is 316 g/mol. The third kappa shape index (κ3) is 4.91. The van der Waals surface area contributed by atoms with Gasteiger partial charge in [0, 0.05) is 6.08 Å². The van der Waals surface area contributed by atoms with E-state index in [1.807, 2.05) is 48.5 Å². The lowest BCUT2D eigenvalue weighted by Gasteiger charge is -2.26. The van der Waals surface area contributed by atoms with Gasteiger partial charge in [0.05, 0.1) is 20.3 Å². The average molecular weight is 340 g/mol. The molecule has 0 aromatic heterocycles. The second kappa shape index (κ2) is 8.62. The molecule has 0 aliphatic rings. The number of carbonyl (C=O) groups is 1. The van der Waals surface area contributed by atoms with E-state index in [-0.39, 0.29) is 5.97 Å². The van der Waals surface area contributed by atoms with Crippen LogP contribution in [0.3, 0.4) is 0 Å². The van der Waals surface area contributed by atoms with Gasteiger partial charge in [-0.05, 0) is 10.8 Å². The lowest BCUT2D eigenvalue weighted by atomic mass is 10.2. The summed E-state index contributed by atoms with van der Waals surface area (Å²) in [6.45, 7) is 5.41. The van der Waals surface area contributed by atoms with E-state index < -0.39 is 8.07 Å². The van der Waals surface area contributed by atoms with Crippen LogP contribution in [0, 0.1) is 0 Å². The molecule has 4 heteroatoms. The number of esters is 1. The monoisotopic (exact) mass is 340 g/mol. The second-order valence-corrected chi connectivity index (χ2v) is 10.6. The molecule has 24 heavy (non-hydrogen) atoms. The topological polar surface area (TPSA) is 35.5 Å². The van der Waals surface area contributed by atoms with Crippen LogP contribution in [0.4, 0.5) is 0 Å². The van der Waals surface area contributed by atoms with Crippen LogP contribution in [0.2, 0.25) is 13.1 Å². The van der Waals surface area contributed by atoms with Gasteiger partial charge in [0.1, 0.15) is 8.07 Å². The van der Waals surface area contributed by atoms with E-state index in [0.29, 0.717) is 13.2 Å². The fourth-order valence-electron chi connectivity index (χ4n) is 2.50. The van der Waals surface area contributed by atoms with Gasteiger partial charge in [-0.15, -0.1) is 0 Å². The Morgan fingerprint density at radius 2 is 1.58 bits per heavy atom. The standard InChI is InChI=1S/C20H24O3Si/c1-22-20(21)14-19(16-23-15-17-10-6-4-7-11-17)24(2,3)18-12-8-5-9-13-18/h4-14H,15-16H2,1-3H3/b19-14+. The third-order valence-electron chi connectivity index (χ3n) is 4.16. The van der Waals surface area contributed by atoms with Gasteiger partial charge in [-0.2, -0.15) is 0 Å². The minimum atomic E-state index is -1.99. The molecule has 0 fully saturated rings. The van der Waals surface area contributed by atoms with E-state index in [0.717, 1.165) is 10.8 Å². The quantitative estimate of drug-likeness (QED) is 0.440. The molecule has 2 aromatic rings. The van der Waals surface area contributed by atoms with Crippen molar-refractivity contribution in [3.05, 3.63) is 77.5 Å². The highest BCUT2D eigenvalue weighted by Crippen LogP contribution is 2.17. The van der Waals surface area contributed by atoms with Gasteiger partial charge < -0.3 is 9.47 Å². The lowest BCUT2D eigenvalue weighted by molar-refractivity contribution is -0.134. The first-order valence-corrected chi connectivity index (χ1v) is 11.0. The molecular formula is C20H24O3Si. The van der Waals surface area contributed by atoms with Crippen molar-refractivity contribution in [2.24, 2.45) is 0 Å². The molecule has 126 valence electrons. The molecule has 0 bridgehead atoms. The molecule has 0 atom stereocenters. The number of rotatable bonds is 7. The fourth-order valence-corrected chi connectivity index (χ4v) is 4.84. The zero-order chi connectivity index (χ0) is 17.4. The zero-order valence-corrected chi connectivity index (χ0v) is 15.5. The predicted octanol–water partition coefficient (Wildman–Crippen LogP) is 3.46. The van der Waals surface area contributed by atoms with Crippen molar-refractivity contribution in [1.82, 2.24) is 0 Å². The zero-order valence-electron chi connectivity index (χ0n) is 14.5. The fraction of sp³-hybridized carbons (Fsp3) is 0.250. The van der Waals surface area contributed by atoms with Crippen LogP contribution >= 0.6 is 0 Å². The van der Waals surface area contributed by atoms with Gasteiger partial charge in [0.2, 0.25) is 0 Å². The Morgan fingerprint density at radius 1 is 1.00 bits per heavy atom. The van der Waals surface area contributed by atoms with Crippen molar-refractivity contribution in [3.63, 3.8) is 0 Å². The van der Waals surface area contributed by atoms with Crippen LogP contribution in [0.25, 0.3) is 0 Å². The molecule has 0 N–H and O–H groups in total. The summed E-state index contributed by atoms with van der Waals surface area (Å²) in [5, 5.41) is 2.29. The summed E-state index contributed by atoms with van der Waals surface area (Å²) < 4.78 is 10.7. The highest BCUT2D eigenvalue weighted by atomic mass is 28.3. The molecule has 0 radical (unpaired) electrons. The maximum absolute atomic E-state index is 11.8. The van der Waals surface area contributed by atoms with Crippen LogP contribution < -0.4 is 5.19 Å². The summed E-state index contributed by atoms with van der Waals surface area (Å²) in [5.41, 5.74) is 1.12. The summed E-state index contributed by atoms with van der Waals surface area (Å²) in [6.07, 6.45) is 1.60. The largest absolute Gasteiger partial charge is 0.466 e. The first-order chi connectivity index (χ1) is 11.5. The van der Waals surface area contributed by atoms with Crippen LogP contribution in [0.15, 0.2) is 71.9 Å². The van der Waals surface area contributed by atoms with Gasteiger partial charge >= 0.3 is 5.97 Å². The number of carbonyl (C=O) groups excluding carboxylic acids is 1. The molecule has 0 saturated carbocycles. The van der Waals surface area contributed by atoms with Gasteiger partial charge in [-0.1, -0.05) is 78.9 Å². The number of ether oxygens (including phenoxy) is 2. The highest BCUT2D eigenvalue weighted by molar-refractivity contribution is 6.95. The lowest BCUT2D eigenvalue weighted by Crippen LogP contribution is -2.45. The normalized spacial score (nSPS) is 12.0. The molecule has 0 spiro atoms. The minimum Gasteiger partial charge on any atom is -0.466 e. The van der Waals surface area contributed by atoms with E-state index >= 15 is 0 Å². The summed E-state index contributed by atoms with van der Waals surface area (Å²) in [7, 11) is -0.590. The van der Waals surface area contributed by atoms with Gasteiger partial charge in [-0.3, -0.25) is 0 Å². The molecule has 0 saturated heterocycles. The Labute approximate surface area is 144 Å². The minimum absolute atomic E-state index is 0.329. The molecule has 2 rings (SSSR count). The number of hydrogen-bond donors (Lipinski definition) is 0. The number of hydrogen-bond acceptors (Lipinski definition) is 3.